The van der Waals surface area contributed by atoms with Crippen LogP contribution in [0, 0.1) is 0 Å². The predicted octanol–water partition coefficient (Wildman–Crippen LogP) is 2.33. The van der Waals surface area contributed by atoms with Gasteiger partial charge in [-0.15, -0.1) is 0 Å². The van der Waals surface area contributed by atoms with Gasteiger partial charge >= 0.3 is 0 Å². The van der Waals surface area contributed by atoms with Crippen molar-refractivity contribution in [3.63, 3.8) is 0 Å². The summed E-state index contributed by atoms with van der Waals surface area (Å²) in [7, 11) is 3.08. The monoisotopic (exact) mass is 333 g/mol. The molecule has 0 radical (unpaired) electrons. The van der Waals surface area contributed by atoms with E-state index in [1.165, 1.54) is 6.07 Å². The Kier molecular flexibility index (Phi) is 5.78. The van der Waals surface area contributed by atoms with Crippen molar-refractivity contribution in [2.45, 2.75) is 37.6 Å². The highest BCUT2D eigenvalue weighted by atomic mass is 35.7. The number of carbonyl (C=O) groups excluding carboxylic acids is 1. The largest absolute Gasteiger partial charge is 0.382 e. The van der Waals surface area contributed by atoms with Gasteiger partial charge in [0.05, 0.1) is 17.0 Å². The Morgan fingerprint density at radius 3 is 2.48 bits per heavy atom. The maximum absolute atomic E-state index is 12.2. The fourth-order valence-corrected chi connectivity index (χ4v) is 3.22. The molecule has 21 heavy (non-hydrogen) atoms. The third kappa shape index (κ3) is 4.98. The summed E-state index contributed by atoms with van der Waals surface area (Å²) in [5.74, 6) is -0.374. The van der Waals surface area contributed by atoms with Crippen molar-refractivity contribution >= 4 is 25.6 Å². The van der Waals surface area contributed by atoms with Crippen LogP contribution in [0.3, 0.4) is 0 Å². The van der Waals surface area contributed by atoms with Crippen LogP contribution in [0.1, 0.15) is 36.7 Å². The predicted molar refractivity (Wildman–Crippen MR) is 82.3 cm³/mol. The fraction of sp³-hybridized carbons (Fsp3) is 0.500. The van der Waals surface area contributed by atoms with Gasteiger partial charge in [-0.1, -0.05) is 13.0 Å². The molecule has 0 fully saturated rings. The van der Waals surface area contributed by atoms with E-state index in [1.54, 1.807) is 19.2 Å². The second kappa shape index (κ2) is 6.77. The molecule has 0 bridgehead atoms. The van der Waals surface area contributed by atoms with E-state index in [9.17, 15) is 13.2 Å². The Balaban J connectivity index is 3.13. The van der Waals surface area contributed by atoms with Crippen LogP contribution in [0.2, 0.25) is 0 Å². The minimum absolute atomic E-state index is 0.0242. The topological polar surface area (TPSA) is 72.5 Å². The normalized spacial score (nSPS) is 12.2. The highest BCUT2D eigenvalue weighted by molar-refractivity contribution is 8.13. The smallest absolute Gasteiger partial charge is 0.261 e. The van der Waals surface area contributed by atoms with Gasteiger partial charge in [0.15, 0.2) is 0 Å². The molecule has 118 valence electrons. The number of methoxy groups -OCH3 is 1. The first-order valence-electron chi connectivity index (χ1n) is 6.50. The third-order valence-electron chi connectivity index (χ3n) is 2.93. The van der Waals surface area contributed by atoms with Crippen LogP contribution >= 0.6 is 10.7 Å². The molecule has 7 heteroatoms. The summed E-state index contributed by atoms with van der Waals surface area (Å²) in [6.07, 6.45) is 0.512. The van der Waals surface area contributed by atoms with Gasteiger partial charge in [-0.05, 0) is 38.0 Å². The Morgan fingerprint density at radius 1 is 1.38 bits per heavy atom. The van der Waals surface area contributed by atoms with Crippen LogP contribution in [0.5, 0.6) is 0 Å². The molecule has 0 saturated carbocycles. The lowest BCUT2D eigenvalue weighted by molar-refractivity contribution is 0.0820. The Labute approximate surface area is 130 Å². The van der Waals surface area contributed by atoms with E-state index in [2.05, 4.69) is 5.32 Å². The number of hydrogen-bond acceptors (Lipinski definition) is 4. The summed E-state index contributed by atoms with van der Waals surface area (Å²) in [5.41, 5.74) is 0.267. The van der Waals surface area contributed by atoms with E-state index < -0.39 is 14.6 Å². The van der Waals surface area contributed by atoms with Gasteiger partial charge in [-0.3, -0.25) is 4.79 Å². The maximum atomic E-state index is 12.2. The number of benzene rings is 1. The van der Waals surface area contributed by atoms with Gasteiger partial charge in [0, 0.05) is 23.4 Å². The van der Waals surface area contributed by atoms with Gasteiger partial charge in [-0.2, -0.15) is 0 Å². The first-order chi connectivity index (χ1) is 9.60. The number of carbonyl (C=O) groups is 1. The minimum Gasteiger partial charge on any atom is -0.382 e. The number of hydrogen-bond donors (Lipinski definition) is 1. The molecule has 0 aliphatic heterocycles. The van der Waals surface area contributed by atoms with Gasteiger partial charge in [0.1, 0.15) is 0 Å². The van der Waals surface area contributed by atoms with Crippen LogP contribution in [-0.4, -0.2) is 33.6 Å². The van der Waals surface area contributed by atoms with Crippen molar-refractivity contribution in [2.75, 3.05) is 13.7 Å². The number of aryl methyl sites for hydroxylation is 1. The van der Waals surface area contributed by atoms with E-state index in [0.29, 0.717) is 18.6 Å². The van der Waals surface area contributed by atoms with E-state index in [1.807, 2.05) is 20.8 Å². The lowest BCUT2D eigenvalue weighted by Crippen LogP contribution is -2.46. The number of nitrogens with one attached hydrogen (secondary N) is 1. The maximum Gasteiger partial charge on any atom is 0.261 e. The lowest BCUT2D eigenvalue weighted by Gasteiger charge is -2.25. The third-order valence-corrected chi connectivity index (χ3v) is 4.33. The van der Waals surface area contributed by atoms with Crippen molar-refractivity contribution in [2.24, 2.45) is 0 Å². The van der Waals surface area contributed by atoms with Crippen LogP contribution in [0.4, 0.5) is 0 Å². The number of halogens is 1. The first kappa shape index (κ1) is 17.9. The van der Waals surface area contributed by atoms with Gasteiger partial charge in [0.25, 0.3) is 15.0 Å². The minimum atomic E-state index is -3.89. The first-order valence-corrected chi connectivity index (χ1v) is 8.80. The second-order valence-corrected chi connectivity index (χ2v) is 7.92. The van der Waals surface area contributed by atoms with Crippen LogP contribution in [-0.2, 0) is 20.2 Å². The zero-order chi connectivity index (χ0) is 16.3. The zero-order valence-corrected chi connectivity index (χ0v) is 14.1. The Bertz CT molecular complexity index is 626. The SMILES string of the molecule is CCc1ccc(C(=O)NC(C)(C)COC)cc1S(=O)(=O)Cl. The molecule has 1 aromatic carbocycles. The molecule has 0 aliphatic rings. The Morgan fingerprint density at radius 2 is 2.00 bits per heavy atom. The summed E-state index contributed by atoms with van der Waals surface area (Å²) >= 11 is 0. The van der Waals surface area contributed by atoms with Crippen LogP contribution < -0.4 is 5.32 Å². The molecule has 0 spiro atoms. The Hall–Kier alpha value is -1.11. The molecule has 0 unspecified atom stereocenters. The molecule has 0 atom stereocenters. The molecular weight excluding hydrogens is 314 g/mol. The molecule has 1 amide bonds. The van der Waals surface area contributed by atoms with E-state index in [4.69, 9.17) is 15.4 Å². The average Bonchev–Trinajstić information content (AvgIpc) is 2.36. The quantitative estimate of drug-likeness (QED) is 0.811. The average molecular weight is 334 g/mol. The van der Waals surface area contributed by atoms with Gasteiger partial charge < -0.3 is 10.1 Å². The van der Waals surface area contributed by atoms with Crippen LogP contribution in [0.25, 0.3) is 0 Å². The second-order valence-electron chi connectivity index (χ2n) is 5.38. The number of amides is 1. The molecule has 0 heterocycles. The van der Waals surface area contributed by atoms with E-state index in [-0.39, 0.29) is 16.4 Å². The van der Waals surface area contributed by atoms with Crippen molar-refractivity contribution in [1.29, 1.82) is 0 Å². The van der Waals surface area contributed by atoms with Crippen molar-refractivity contribution < 1.29 is 17.9 Å². The standard InChI is InChI=1S/C14H20ClNO4S/c1-5-10-6-7-11(8-12(10)21(15,18)19)13(17)16-14(2,3)9-20-4/h6-8H,5,9H2,1-4H3,(H,16,17). The highest BCUT2D eigenvalue weighted by Crippen LogP contribution is 2.22. The molecule has 0 aromatic heterocycles. The zero-order valence-electron chi connectivity index (χ0n) is 12.6. The fourth-order valence-electron chi connectivity index (χ4n) is 1.99. The van der Waals surface area contributed by atoms with Crippen molar-refractivity contribution in [1.82, 2.24) is 5.32 Å². The molecule has 1 N–H and O–H groups in total. The summed E-state index contributed by atoms with van der Waals surface area (Å²) < 4.78 is 28.2. The highest BCUT2D eigenvalue weighted by Gasteiger charge is 2.23. The van der Waals surface area contributed by atoms with Gasteiger partial charge in [-0.25, -0.2) is 8.42 Å². The summed E-state index contributed by atoms with van der Waals surface area (Å²) in [6.45, 7) is 5.79. The van der Waals surface area contributed by atoms with Gasteiger partial charge in [0.2, 0.25) is 0 Å². The summed E-state index contributed by atoms with van der Waals surface area (Å²) in [5, 5.41) is 2.79. The molecule has 1 aromatic rings. The molecule has 0 saturated heterocycles. The number of rotatable bonds is 6. The van der Waals surface area contributed by atoms with E-state index >= 15 is 0 Å². The lowest BCUT2D eigenvalue weighted by atomic mass is 10.0. The molecule has 1 rings (SSSR count). The van der Waals surface area contributed by atoms with Crippen LogP contribution in [0.15, 0.2) is 23.1 Å². The summed E-state index contributed by atoms with van der Waals surface area (Å²) in [4.78, 5) is 12.2. The van der Waals surface area contributed by atoms with Crippen molar-refractivity contribution in [3.05, 3.63) is 29.3 Å². The molecular formula is C14H20ClNO4S. The van der Waals surface area contributed by atoms with E-state index in [0.717, 1.165) is 0 Å². The summed E-state index contributed by atoms with van der Waals surface area (Å²) in [6, 6.07) is 4.50. The van der Waals surface area contributed by atoms with Crippen molar-refractivity contribution in [3.8, 4) is 0 Å². The molecule has 5 nitrogen and oxygen atoms in total. The number of ether oxygens (including phenoxy) is 1. The molecule has 0 aliphatic carbocycles.